The van der Waals surface area contributed by atoms with E-state index in [4.69, 9.17) is 0 Å². The van der Waals surface area contributed by atoms with Crippen LogP contribution in [-0.4, -0.2) is 39.3 Å². The van der Waals surface area contributed by atoms with Crippen molar-refractivity contribution in [2.75, 3.05) is 0 Å². The van der Waals surface area contributed by atoms with Gasteiger partial charge in [-0.25, -0.2) is 4.39 Å². The van der Waals surface area contributed by atoms with Gasteiger partial charge in [0.1, 0.15) is 5.67 Å². The fourth-order valence-electron chi connectivity index (χ4n) is 9.99. The van der Waals surface area contributed by atoms with E-state index in [2.05, 4.69) is 41.5 Å². The van der Waals surface area contributed by atoms with E-state index >= 15 is 4.39 Å². The summed E-state index contributed by atoms with van der Waals surface area (Å²) < 4.78 is 16.2. The Balaban J connectivity index is 1.53. The van der Waals surface area contributed by atoms with Gasteiger partial charge in [-0.2, -0.15) is 0 Å². The van der Waals surface area contributed by atoms with Crippen molar-refractivity contribution in [2.45, 2.75) is 130 Å². The van der Waals surface area contributed by atoms with Crippen molar-refractivity contribution in [3.05, 3.63) is 0 Å². The van der Waals surface area contributed by atoms with Gasteiger partial charge in [0.05, 0.1) is 18.3 Å². The first kappa shape index (κ1) is 25.9. The van der Waals surface area contributed by atoms with Crippen LogP contribution in [0.2, 0.25) is 0 Å². The Hall–Kier alpha value is -0.190. The van der Waals surface area contributed by atoms with Crippen molar-refractivity contribution in [1.82, 2.24) is 0 Å². The molecule has 3 nitrogen and oxygen atoms in total. The molecule has 1 unspecified atom stereocenters. The van der Waals surface area contributed by atoms with E-state index in [9.17, 15) is 15.3 Å². The maximum Gasteiger partial charge on any atom is 0.119 e. The highest BCUT2D eigenvalue weighted by Crippen LogP contribution is 2.70. The lowest BCUT2D eigenvalue weighted by Gasteiger charge is -2.63. The Labute approximate surface area is 201 Å². The predicted molar refractivity (Wildman–Crippen MR) is 131 cm³/mol. The Morgan fingerprint density at radius 3 is 2.21 bits per heavy atom. The number of aliphatic hydroxyl groups excluding tert-OH is 3. The van der Waals surface area contributed by atoms with Gasteiger partial charge in [-0.15, -0.1) is 0 Å². The van der Waals surface area contributed by atoms with Gasteiger partial charge in [0.25, 0.3) is 0 Å². The van der Waals surface area contributed by atoms with Crippen molar-refractivity contribution >= 4 is 0 Å². The summed E-state index contributed by atoms with van der Waals surface area (Å²) in [5.74, 6) is 2.53. The Kier molecular flexibility index (Phi) is 7.09. The van der Waals surface area contributed by atoms with Crippen molar-refractivity contribution in [2.24, 2.45) is 52.3 Å². The number of rotatable bonds is 6. The summed E-state index contributed by atoms with van der Waals surface area (Å²) in [6.07, 6.45) is 6.95. The third-order valence-corrected chi connectivity index (χ3v) is 12.1. The minimum Gasteiger partial charge on any atom is -0.393 e. The molecule has 0 bridgehead atoms. The quantitative estimate of drug-likeness (QED) is 0.441. The van der Waals surface area contributed by atoms with Crippen molar-refractivity contribution in [3.63, 3.8) is 0 Å². The normalized spacial score (nSPS) is 49.0. The molecule has 4 saturated carbocycles. The molecule has 4 heteroatoms. The maximum atomic E-state index is 16.2. The van der Waals surface area contributed by atoms with Crippen LogP contribution in [0.4, 0.5) is 4.39 Å². The Morgan fingerprint density at radius 2 is 1.58 bits per heavy atom. The maximum absolute atomic E-state index is 16.2. The average Bonchev–Trinajstić information content (AvgIpc) is 3.11. The van der Waals surface area contributed by atoms with Crippen LogP contribution in [-0.2, 0) is 0 Å². The molecule has 0 heterocycles. The molecule has 4 aliphatic rings. The highest BCUT2D eigenvalue weighted by Gasteiger charge is 2.65. The molecule has 0 aromatic carbocycles. The minimum atomic E-state index is -1.21. The topological polar surface area (TPSA) is 60.7 Å². The van der Waals surface area contributed by atoms with Crippen LogP contribution in [0.25, 0.3) is 0 Å². The van der Waals surface area contributed by atoms with E-state index in [1.54, 1.807) is 0 Å². The van der Waals surface area contributed by atoms with Gasteiger partial charge in [-0.3, -0.25) is 0 Å². The standard InChI is InChI=1S/C29H51FO3/c1-7-20(17(2)3)26(33)25(32)18(4)22-8-9-23-21-11-15-29(30)16-19(31)10-14-28(29,6)24(21)12-13-27(22,23)5/h17-26,31-33H,7-16H2,1-6H3/t18?,19-,20-,21-,22+,23-,24-,25-,26-,27+,28+,29+/m0/s1. The van der Waals surface area contributed by atoms with E-state index in [1.807, 2.05) is 0 Å². The lowest BCUT2D eigenvalue weighted by Crippen LogP contribution is -2.61. The Bertz CT molecular complexity index is 698. The number of aliphatic hydroxyl groups is 3. The Morgan fingerprint density at radius 1 is 0.879 bits per heavy atom. The highest BCUT2D eigenvalue weighted by molar-refractivity contribution is 5.15. The van der Waals surface area contributed by atoms with Crippen LogP contribution in [0.1, 0.15) is 106 Å². The summed E-state index contributed by atoms with van der Waals surface area (Å²) in [6.45, 7) is 13.2. The molecule has 12 atom stereocenters. The number of hydrogen-bond acceptors (Lipinski definition) is 3. The summed E-state index contributed by atoms with van der Waals surface area (Å²) in [4.78, 5) is 0. The molecular formula is C29H51FO3. The van der Waals surface area contributed by atoms with Crippen LogP contribution < -0.4 is 0 Å². The van der Waals surface area contributed by atoms with Gasteiger partial charge in [0.2, 0.25) is 0 Å². The van der Waals surface area contributed by atoms with Gasteiger partial charge >= 0.3 is 0 Å². The molecule has 0 amide bonds. The predicted octanol–water partition coefficient (Wildman–Crippen LogP) is 6.14. The summed E-state index contributed by atoms with van der Waals surface area (Å²) in [7, 11) is 0. The van der Waals surface area contributed by atoms with Crippen molar-refractivity contribution < 1.29 is 19.7 Å². The molecule has 4 aliphatic carbocycles. The first-order chi connectivity index (χ1) is 15.4. The molecule has 0 aromatic heterocycles. The molecule has 0 spiro atoms. The molecule has 0 aromatic rings. The van der Waals surface area contributed by atoms with Gasteiger partial charge in [0.15, 0.2) is 0 Å². The van der Waals surface area contributed by atoms with Crippen LogP contribution in [0, 0.1) is 52.3 Å². The second-order valence-electron chi connectivity index (χ2n) is 13.6. The van der Waals surface area contributed by atoms with E-state index in [1.165, 1.54) is 6.42 Å². The SMILES string of the molecule is CC[C@@H](C(C)C)[C@H](O)[C@@H](O)C(C)[C@H]1CC[C@H]2[C@@H]3CC[C@@]4(F)C[C@@H](O)CC[C@]4(C)[C@H]3CC[C@]12C. The zero-order valence-electron chi connectivity index (χ0n) is 22.1. The van der Waals surface area contributed by atoms with E-state index in [-0.39, 0.29) is 22.7 Å². The molecule has 3 N–H and O–H groups in total. The second-order valence-corrected chi connectivity index (χ2v) is 13.6. The molecule has 0 radical (unpaired) electrons. The monoisotopic (exact) mass is 466 g/mol. The zero-order chi connectivity index (χ0) is 24.3. The highest BCUT2D eigenvalue weighted by atomic mass is 19.1. The molecular weight excluding hydrogens is 415 g/mol. The van der Waals surface area contributed by atoms with Gasteiger partial charge in [-0.1, -0.05) is 48.0 Å². The molecule has 33 heavy (non-hydrogen) atoms. The molecule has 0 saturated heterocycles. The fraction of sp³-hybridized carbons (Fsp3) is 1.00. The van der Waals surface area contributed by atoms with Crippen molar-refractivity contribution in [3.8, 4) is 0 Å². The third kappa shape index (κ3) is 3.93. The smallest absolute Gasteiger partial charge is 0.119 e. The molecule has 192 valence electrons. The van der Waals surface area contributed by atoms with Crippen LogP contribution >= 0.6 is 0 Å². The summed E-state index contributed by atoms with van der Waals surface area (Å²) >= 11 is 0. The van der Waals surface area contributed by atoms with Gasteiger partial charge in [0, 0.05) is 11.8 Å². The number of alkyl halides is 1. The van der Waals surface area contributed by atoms with Gasteiger partial charge in [-0.05, 0) is 98.2 Å². The van der Waals surface area contributed by atoms with E-state index in [0.717, 1.165) is 44.9 Å². The molecule has 4 rings (SSSR count). The minimum absolute atomic E-state index is 0.0728. The zero-order valence-corrected chi connectivity index (χ0v) is 22.1. The molecule has 0 aliphatic heterocycles. The first-order valence-corrected chi connectivity index (χ1v) is 14.1. The lowest BCUT2D eigenvalue weighted by molar-refractivity contribution is -0.188. The van der Waals surface area contributed by atoms with Gasteiger partial charge < -0.3 is 15.3 Å². The van der Waals surface area contributed by atoms with Crippen LogP contribution in [0.3, 0.4) is 0 Å². The van der Waals surface area contributed by atoms with E-state index < -0.39 is 24.0 Å². The fourth-order valence-corrected chi connectivity index (χ4v) is 9.99. The average molecular weight is 467 g/mol. The van der Waals surface area contributed by atoms with Crippen LogP contribution in [0.15, 0.2) is 0 Å². The summed E-state index contributed by atoms with van der Waals surface area (Å²) in [5, 5.41) is 32.5. The first-order valence-electron chi connectivity index (χ1n) is 14.1. The second kappa shape index (κ2) is 9.04. The number of hydrogen-bond donors (Lipinski definition) is 3. The number of halogens is 1. The van der Waals surface area contributed by atoms with E-state index in [0.29, 0.717) is 42.4 Å². The third-order valence-electron chi connectivity index (χ3n) is 12.1. The van der Waals surface area contributed by atoms with Crippen LogP contribution in [0.5, 0.6) is 0 Å². The lowest BCUT2D eigenvalue weighted by atomic mass is 9.43. The summed E-state index contributed by atoms with van der Waals surface area (Å²) in [6, 6.07) is 0. The number of fused-ring (bicyclic) bond motifs is 5. The molecule has 4 fully saturated rings. The van der Waals surface area contributed by atoms with Crippen molar-refractivity contribution in [1.29, 1.82) is 0 Å². The summed E-state index contributed by atoms with van der Waals surface area (Å²) in [5.41, 5.74) is -1.35. The largest absolute Gasteiger partial charge is 0.393 e.